The van der Waals surface area contributed by atoms with Gasteiger partial charge in [-0.05, 0) is 66.4 Å². The van der Waals surface area contributed by atoms with Crippen molar-refractivity contribution in [3.8, 4) is 5.75 Å². The van der Waals surface area contributed by atoms with Crippen molar-refractivity contribution < 1.29 is 17.9 Å². The summed E-state index contributed by atoms with van der Waals surface area (Å²) in [5.74, 6) is 0.811. The fourth-order valence-electron chi connectivity index (χ4n) is 5.85. The summed E-state index contributed by atoms with van der Waals surface area (Å²) in [6.07, 6.45) is 2.91. The third kappa shape index (κ3) is 4.33. The number of benzene rings is 3. The number of methoxy groups -OCH3 is 1. The van der Waals surface area contributed by atoms with E-state index in [0.717, 1.165) is 33.8 Å². The molecule has 0 spiro atoms. The Morgan fingerprint density at radius 1 is 1.00 bits per heavy atom. The number of carbonyl (C=O) groups is 1. The Hall–Kier alpha value is -3.88. The number of fused-ring (bicyclic) bond motifs is 2. The first kappa shape index (κ1) is 25.4. The number of likely N-dealkylation sites (N-methyl/N-ethyl adjacent to an activating group) is 1. The molecule has 2 aliphatic heterocycles. The van der Waals surface area contributed by atoms with Gasteiger partial charge in [-0.1, -0.05) is 36.4 Å². The van der Waals surface area contributed by atoms with Gasteiger partial charge >= 0.3 is 0 Å². The van der Waals surface area contributed by atoms with Crippen LogP contribution in [-0.4, -0.2) is 50.4 Å². The molecule has 39 heavy (non-hydrogen) atoms. The summed E-state index contributed by atoms with van der Waals surface area (Å²) in [4.78, 5) is 13.9. The Morgan fingerprint density at radius 2 is 1.82 bits per heavy atom. The van der Waals surface area contributed by atoms with E-state index in [1.165, 1.54) is 20.8 Å². The Balaban J connectivity index is 1.30. The zero-order chi connectivity index (χ0) is 27.3. The van der Waals surface area contributed by atoms with Crippen LogP contribution < -0.4 is 9.64 Å². The summed E-state index contributed by atoms with van der Waals surface area (Å²) >= 11 is 0. The van der Waals surface area contributed by atoms with E-state index in [0.29, 0.717) is 26.1 Å². The lowest BCUT2D eigenvalue weighted by molar-refractivity contribution is -0.117. The highest BCUT2D eigenvalue weighted by atomic mass is 32.2. The predicted octanol–water partition coefficient (Wildman–Crippen LogP) is 5.00. The molecule has 8 heteroatoms. The molecule has 0 saturated carbocycles. The third-order valence-electron chi connectivity index (χ3n) is 7.96. The van der Waals surface area contributed by atoms with Gasteiger partial charge < -0.3 is 14.2 Å². The lowest BCUT2D eigenvalue weighted by Gasteiger charge is -2.26. The van der Waals surface area contributed by atoms with Crippen LogP contribution in [0.1, 0.15) is 28.8 Å². The van der Waals surface area contributed by atoms with Gasteiger partial charge in [-0.3, -0.25) is 4.79 Å². The number of nitrogens with zero attached hydrogens (tertiary/aromatic N) is 3. The van der Waals surface area contributed by atoms with Gasteiger partial charge in [0.2, 0.25) is 15.9 Å². The molecule has 1 aromatic heterocycles. The van der Waals surface area contributed by atoms with E-state index in [2.05, 4.69) is 54.0 Å². The van der Waals surface area contributed by atoms with E-state index in [1.807, 2.05) is 12.1 Å². The maximum absolute atomic E-state index is 13.5. The average molecular weight is 542 g/mol. The van der Waals surface area contributed by atoms with E-state index >= 15 is 0 Å². The topological polar surface area (TPSA) is 71.8 Å². The molecule has 0 bridgehead atoms. The van der Waals surface area contributed by atoms with Gasteiger partial charge in [-0.15, -0.1) is 0 Å². The Morgan fingerprint density at radius 3 is 2.59 bits per heavy atom. The van der Waals surface area contributed by atoms with Crippen molar-refractivity contribution >= 4 is 38.1 Å². The molecule has 0 atom stereocenters. The van der Waals surface area contributed by atoms with Gasteiger partial charge in [0.05, 0.1) is 18.4 Å². The Bertz CT molecular complexity index is 1750. The highest BCUT2D eigenvalue weighted by Crippen LogP contribution is 2.37. The van der Waals surface area contributed by atoms with Crippen molar-refractivity contribution in [3.63, 3.8) is 0 Å². The van der Waals surface area contributed by atoms with Crippen LogP contribution in [0.5, 0.6) is 5.75 Å². The number of carbonyl (C=O) groups excluding carboxylic acids is 1. The van der Waals surface area contributed by atoms with Crippen molar-refractivity contribution in [2.24, 2.45) is 0 Å². The van der Waals surface area contributed by atoms with Crippen LogP contribution in [-0.2, 0) is 27.8 Å². The molecule has 3 heterocycles. The number of aromatic nitrogens is 1. The number of hydrogen-bond acceptors (Lipinski definition) is 4. The molecular weight excluding hydrogens is 510 g/mol. The molecule has 6 rings (SSSR count). The van der Waals surface area contributed by atoms with E-state index in [9.17, 15) is 13.2 Å². The number of ether oxygens (including phenoxy) is 1. The molecule has 3 aromatic carbocycles. The first-order chi connectivity index (χ1) is 18.8. The summed E-state index contributed by atoms with van der Waals surface area (Å²) in [7, 11) is -0.283. The number of rotatable bonds is 6. The molecule has 2 aliphatic rings. The highest BCUT2D eigenvalue weighted by Gasteiger charge is 2.31. The van der Waals surface area contributed by atoms with Gasteiger partial charge in [0, 0.05) is 54.5 Å². The van der Waals surface area contributed by atoms with Crippen LogP contribution in [0, 0.1) is 6.92 Å². The lowest BCUT2D eigenvalue weighted by Crippen LogP contribution is -2.34. The standard InChI is InChI=1S/C31H31N3O4S/c1-21-31(27-9-4-5-10-29(27)34(21)20-22-7-6-8-25(17-22)38-3)23-13-15-33(16-14-23)39(36,37)26-11-12-28-24(18-26)19-30(35)32(28)2/h4-13,17-18H,14-16,19-20H2,1-3H3. The number of sulfonamides is 1. The largest absolute Gasteiger partial charge is 0.497 e. The number of amides is 1. The average Bonchev–Trinajstić information content (AvgIpc) is 3.40. The van der Waals surface area contributed by atoms with Crippen molar-refractivity contribution in [2.45, 2.75) is 31.2 Å². The minimum atomic E-state index is -3.68. The van der Waals surface area contributed by atoms with Crippen molar-refractivity contribution in [1.82, 2.24) is 8.87 Å². The van der Waals surface area contributed by atoms with Crippen molar-refractivity contribution in [1.29, 1.82) is 0 Å². The van der Waals surface area contributed by atoms with Crippen LogP contribution in [0.3, 0.4) is 0 Å². The molecular formula is C31H31N3O4S. The minimum Gasteiger partial charge on any atom is -0.497 e. The minimum absolute atomic E-state index is 0.0222. The van der Waals surface area contributed by atoms with E-state index in [1.54, 1.807) is 37.3 Å². The number of hydrogen-bond donors (Lipinski definition) is 0. The van der Waals surface area contributed by atoms with Gasteiger partial charge in [-0.2, -0.15) is 4.31 Å². The fraction of sp³-hybridized carbons (Fsp3) is 0.258. The molecule has 4 aromatic rings. The van der Waals surface area contributed by atoms with Crippen LogP contribution in [0.25, 0.3) is 16.5 Å². The molecule has 0 radical (unpaired) electrons. The maximum Gasteiger partial charge on any atom is 0.243 e. The molecule has 200 valence electrons. The van der Waals surface area contributed by atoms with Crippen LogP contribution in [0.2, 0.25) is 0 Å². The summed E-state index contributed by atoms with van der Waals surface area (Å²) in [6.45, 7) is 3.57. The zero-order valence-electron chi connectivity index (χ0n) is 22.3. The highest BCUT2D eigenvalue weighted by molar-refractivity contribution is 7.89. The first-order valence-corrected chi connectivity index (χ1v) is 14.5. The Labute approximate surface area is 229 Å². The van der Waals surface area contributed by atoms with Crippen LogP contribution in [0.15, 0.2) is 77.7 Å². The van der Waals surface area contributed by atoms with Crippen molar-refractivity contribution in [2.75, 3.05) is 32.1 Å². The van der Waals surface area contributed by atoms with Gasteiger partial charge in [0.25, 0.3) is 0 Å². The number of anilines is 1. The van der Waals surface area contributed by atoms with Crippen LogP contribution in [0.4, 0.5) is 5.69 Å². The molecule has 0 saturated heterocycles. The monoisotopic (exact) mass is 541 g/mol. The molecule has 0 unspecified atom stereocenters. The third-order valence-corrected chi connectivity index (χ3v) is 9.83. The molecule has 1 amide bonds. The second-order valence-corrected chi connectivity index (χ2v) is 12.1. The van der Waals surface area contributed by atoms with Gasteiger partial charge in [-0.25, -0.2) is 8.42 Å². The lowest BCUT2D eigenvalue weighted by atomic mass is 9.97. The second kappa shape index (κ2) is 9.70. The first-order valence-electron chi connectivity index (χ1n) is 13.1. The predicted molar refractivity (Wildman–Crippen MR) is 154 cm³/mol. The molecule has 0 fully saturated rings. The summed E-state index contributed by atoms with van der Waals surface area (Å²) < 4.78 is 36.3. The van der Waals surface area contributed by atoms with E-state index in [4.69, 9.17) is 4.74 Å². The normalized spacial score (nSPS) is 16.0. The molecule has 0 N–H and O–H groups in total. The smallest absolute Gasteiger partial charge is 0.243 e. The number of para-hydroxylation sites is 1. The van der Waals surface area contributed by atoms with E-state index in [-0.39, 0.29) is 17.2 Å². The fourth-order valence-corrected chi connectivity index (χ4v) is 7.28. The molecule has 7 nitrogen and oxygen atoms in total. The zero-order valence-corrected chi connectivity index (χ0v) is 23.2. The molecule has 0 aliphatic carbocycles. The van der Waals surface area contributed by atoms with E-state index < -0.39 is 10.0 Å². The van der Waals surface area contributed by atoms with Crippen molar-refractivity contribution in [3.05, 3.63) is 95.2 Å². The van der Waals surface area contributed by atoms with Crippen LogP contribution >= 0.6 is 0 Å². The van der Waals surface area contributed by atoms with Gasteiger partial charge in [0.15, 0.2) is 0 Å². The summed E-state index contributed by atoms with van der Waals surface area (Å²) in [5.41, 5.74) is 7.36. The SMILES string of the molecule is COc1cccc(Cn2c(C)c(C3=CCN(S(=O)(=O)c4ccc5c(c4)CC(=O)N5C)CC3)c3ccccc32)c1. The summed E-state index contributed by atoms with van der Waals surface area (Å²) in [6, 6.07) is 21.5. The van der Waals surface area contributed by atoms with Gasteiger partial charge in [0.1, 0.15) is 5.75 Å². The maximum atomic E-state index is 13.5. The second-order valence-electron chi connectivity index (χ2n) is 10.2. The Kier molecular flexibility index (Phi) is 6.32. The quantitative estimate of drug-likeness (QED) is 0.344. The summed E-state index contributed by atoms with van der Waals surface area (Å²) in [5, 5.41) is 1.17.